The Morgan fingerprint density at radius 1 is 1.12 bits per heavy atom. The number of nitrogens with one attached hydrogen (secondary N) is 2. The number of hydrogen-bond donors (Lipinski definition) is 2. The first kappa shape index (κ1) is 16.9. The second-order valence-corrected chi connectivity index (χ2v) is 6.57. The third-order valence-corrected chi connectivity index (χ3v) is 4.24. The molecule has 0 fully saturated rings. The van der Waals surface area contributed by atoms with Crippen LogP contribution in [0.1, 0.15) is 29.8 Å². The van der Waals surface area contributed by atoms with E-state index in [2.05, 4.69) is 15.5 Å². The first-order chi connectivity index (χ1) is 12.0. The van der Waals surface area contributed by atoms with Crippen molar-refractivity contribution in [2.24, 2.45) is 0 Å². The zero-order chi connectivity index (χ0) is 17.9. The largest absolute Gasteiger partial charge is 0.351 e. The third kappa shape index (κ3) is 3.60. The number of carbonyl (C=O) groups is 1. The average Bonchev–Trinajstić information content (AvgIpc) is 3.10. The molecule has 4 nitrogen and oxygen atoms in total. The number of H-pyrrole nitrogens is 1. The highest BCUT2D eigenvalue weighted by molar-refractivity contribution is 5.99. The van der Waals surface area contributed by atoms with Crippen LogP contribution >= 0.6 is 0 Å². The molecule has 1 heterocycles. The van der Waals surface area contributed by atoms with Gasteiger partial charge in [0.1, 0.15) is 5.82 Å². The lowest BCUT2D eigenvalue weighted by atomic mass is 9.84. The number of aromatic amines is 1. The molecule has 2 aromatic carbocycles. The van der Waals surface area contributed by atoms with Crippen molar-refractivity contribution >= 4 is 5.91 Å². The van der Waals surface area contributed by atoms with E-state index in [4.69, 9.17) is 0 Å². The van der Waals surface area contributed by atoms with E-state index in [1.807, 2.05) is 44.2 Å². The van der Waals surface area contributed by atoms with Crippen LogP contribution < -0.4 is 5.32 Å². The number of benzene rings is 2. The molecule has 1 amide bonds. The highest BCUT2D eigenvalue weighted by Crippen LogP contribution is 2.25. The van der Waals surface area contributed by atoms with Gasteiger partial charge in [-0.05, 0) is 11.6 Å². The summed E-state index contributed by atoms with van der Waals surface area (Å²) >= 11 is 0. The molecule has 1 aromatic heterocycles. The Bertz CT molecular complexity index is 871. The van der Waals surface area contributed by atoms with E-state index >= 15 is 0 Å². The summed E-state index contributed by atoms with van der Waals surface area (Å²) in [4.78, 5) is 12.6. The minimum Gasteiger partial charge on any atom is -0.351 e. The molecule has 0 saturated carbocycles. The van der Waals surface area contributed by atoms with Gasteiger partial charge in [-0.3, -0.25) is 9.89 Å². The number of nitrogens with zero attached hydrogens (tertiary/aromatic N) is 1. The van der Waals surface area contributed by atoms with Crippen molar-refractivity contribution < 1.29 is 9.18 Å². The lowest BCUT2D eigenvalue weighted by Gasteiger charge is -2.26. The van der Waals surface area contributed by atoms with Gasteiger partial charge in [0.15, 0.2) is 0 Å². The predicted molar refractivity (Wildman–Crippen MR) is 95.8 cm³/mol. The maximum Gasteiger partial charge on any atom is 0.255 e. The van der Waals surface area contributed by atoms with Gasteiger partial charge in [0, 0.05) is 17.5 Å². The van der Waals surface area contributed by atoms with E-state index in [9.17, 15) is 9.18 Å². The molecule has 0 saturated heterocycles. The molecule has 0 spiro atoms. The van der Waals surface area contributed by atoms with Gasteiger partial charge in [0.25, 0.3) is 5.91 Å². The van der Waals surface area contributed by atoms with Crippen molar-refractivity contribution in [1.29, 1.82) is 0 Å². The van der Waals surface area contributed by atoms with Crippen LogP contribution in [0.5, 0.6) is 0 Å². The fraction of sp³-hybridized carbons (Fsp3) is 0.200. The minimum absolute atomic E-state index is 0.239. The molecule has 0 atom stereocenters. The summed E-state index contributed by atoms with van der Waals surface area (Å²) in [6.07, 6.45) is 1.51. The number of rotatable bonds is 5. The van der Waals surface area contributed by atoms with E-state index in [1.165, 1.54) is 12.3 Å². The normalized spacial score (nSPS) is 11.3. The number of amides is 1. The van der Waals surface area contributed by atoms with Crippen molar-refractivity contribution in [3.8, 4) is 11.3 Å². The summed E-state index contributed by atoms with van der Waals surface area (Å²) in [7, 11) is 0. The Balaban J connectivity index is 1.76. The second kappa shape index (κ2) is 6.89. The molecule has 0 radical (unpaired) electrons. The smallest absolute Gasteiger partial charge is 0.255 e. The maximum absolute atomic E-state index is 14.0. The van der Waals surface area contributed by atoms with Crippen molar-refractivity contribution in [2.45, 2.75) is 19.3 Å². The van der Waals surface area contributed by atoms with Gasteiger partial charge in [0.05, 0.1) is 17.5 Å². The number of carbonyl (C=O) groups excluding carboxylic acids is 1. The molecular weight excluding hydrogens is 317 g/mol. The summed E-state index contributed by atoms with van der Waals surface area (Å²) in [5.41, 5.74) is 2.07. The van der Waals surface area contributed by atoms with Crippen molar-refractivity contribution in [2.75, 3.05) is 6.54 Å². The van der Waals surface area contributed by atoms with Crippen LogP contribution in [-0.2, 0) is 5.41 Å². The summed E-state index contributed by atoms with van der Waals surface area (Å²) in [6, 6.07) is 16.2. The lowest BCUT2D eigenvalue weighted by Crippen LogP contribution is -2.37. The lowest BCUT2D eigenvalue weighted by molar-refractivity contribution is 0.0946. The van der Waals surface area contributed by atoms with Crippen LogP contribution in [0.2, 0.25) is 0 Å². The fourth-order valence-electron chi connectivity index (χ4n) is 2.78. The Hall–Kier alpha value is -2.95. The summed E-state index contributed by atoms with van der Waals surface area (Å²) in [6.45, 7) is 4.12. The van der Waals surface area contributed by atoms with Gasteiger partial charge in [-0.2, -0.15) is 5.10 Å². The summed E-state index contributed by atoms with van der Waals surface area (Å²) < 4.78 is 14.0. The number of halogens is 1. The van der Waals surface area contributed by atoms with Crippen molar-refractivity contribution in [1.82, 2.24) is 15.5 Å². The summed E-state index contributed by atoms with van der Waals surface area (Å²) in [5, 5.41) is 9.76. The molecule has 0 aliphatic carbocycles. The van der Waals surface area contributed by atoms with Gasteiger partial charge in [-0.15, -0.1) is 0 Å². The van der Waals surface area contributed by atoms with Crippen LogP contribution in [0.4, 0.5) is 4.39 Å². The molecule has 3 aromatic rings. The van der Waals surface area contributed by atoms with E-state index in [0.29, 0.717) is 23.4 Å². The van der Waals surface area contributed by atoms with Crippen molar-refractivity contribution in [3.63, 3.8) is 0 Å². The quantitative estimate of drug-likeness (QED) is 0.741. The Morgan fingerprint density at radius 2 is 1.80 bits per heavy atom. The summed E-state index contributed by atoms with van der Waals surface area (Å²) in [5.74, 6) is -0.507. The van der Waals surface area contributed by atoms with Gasteiger partial charge >= 0.3 is 0 Å². The zero-order valence-corrected chi connectivity index (χ0v) is 14.2. The van der Waals surface area contributed by atoms with Gasteiger partial charge in [0.2, 0.25) is 0 Å². The highest BCUT2D eigenvalue weighted by atomic mass is 19.1. The molecule has 0 aliphatic heterocycles. The highest BCUT2D eigenvalue weighted by Gasteiger charge is 2.25. The fourth-order valence-corrected chi connectivity index (χ4v) is 2.78. The molecule has 0 aliphatic rings. The third-order valence-electron chi connectivity index (χ3n) is 4.24. The Labute approximate surface area is 146 Å². The molecule has 5 heteroatoms. The van der Waals surface area contributed by atoms with E-state index in [1.54, 1.807) is 18.2 Å². The molecule has 128 valence electrons. The van der Waals surface area contributed by atoms with Gasteiger partial charge in [-0.1, -0.05) is 62.4 Å². The van der Waals surface area contributed by atoms with E-state index in [0.717, 1.165) is 5.56 Å². The standard InChI is InChI=1S/C20H20FN3O/c1-20(2,16-10-6-7-11-17(16)21)13-22-19(25)15-12-23-24-18(15)14-8-4-3-5-9-14/h3-12H,13H2,1-2H3,(H,22,25)(H,23,24). The van der Waals surface area contributed by atoms with Crippen molar-refractivity contribution in [3.05, 3.63) is 77.7 Å². The molecule has 3 rings (SSSR count). The topological polar surface area (TPSA) is 57.8 Å². The maximum atomic E-state index is 14.0. The first-order valence-electron chi connectivity index (χ1n) is 8.11. The predicted octanol–water partition coefficient (Wildman–Crippen LogP) is 3.92. The van der Waals surface area contributed by atoms with Gasteiger partial charge < -0.3 is 5.32 Å². The van der Waals surface area contributed by atoms with Crippen LogP contribution in [0, 0.1) is 5.82 Å². The Morgan fingerprint density at radius 3 is 2.52 bits per heavy atom. The molecule has 25 heavy (non-hydrogen) atoms. The molecule has 0 unspecified atom stereocenters. The van der Waals surface area contributed by atoms with E-state index in [-0.39, 0.29) is 11.7 Å². The van der Waals surface area contributed by atoms with Gasteiger partial charge in [-0.25, -0.2) is 4.39 Å². The zero-order valence-electron chi connectivity index (χ0n) is 14.2. The number of aromatic nitrogens is 2. The van der Waals surface area contributed by atoms with E-state index < -0.39 is 5.41 Å². The van der Waals surface area contributed by atoms with Crippen LogP contribution in [-0.4, -0.2) is 22.6 Å². The minimum atomic E-state index is -0.530. The van der Waals surface area contributed by atoms with Crippen LogP contribution in [0.15, 0.2) is 60.8 Å². The van der Waals surface area contributed by atoms with Crippen LogP contribution in [0.3, 0.4) is 0 Å². The molecule has 0 bridgehead atoms. The Kier molecular flexibility index (Phi) is 4.65. The average molecular weight is 337 g/mol. The van der Waals surface area contributed by atoms with Crippen LogP contribution in [0.25, 0.3) is 11.3 Å². The molecular formula is C20H20FN3O. The first-order valence-corrected chi connectivity index (χ1v) is 8.11. The SMILES string of the molecule is CC(C)(CNC(=O)c1cn[nH]c1-c1ccccc1)c1ccccc1F. The molecule has 2 N–H and O–H groups in total. The second-order valence-electron chi connectivity index (χ2n) is 6.57. The number of hydrogen-bond acceptors (Lipinski definition) is 2. The monoisotopic (exact) mass is 337 g/mol.